The molecule has 0 radical (unpaired) electrons. The minimum atomic E-state index is -0.462. The second kappa shape index (κ2) is 18.7. The number of nitrogens with zero attached hydrogens (tertiary/aromatic N) is 3. The topological polar surface area (TPSA) is 121 Å². The quantitative estimate of drug-likeness (QED) is 0.257. The van der Waals surface area contributed by atoms with Gasteiger partial charge in [0.2, 0.25) is 0 Å². The van der Waals surface area contributed by atoms with Gasteiger partial charge in [-0.15, -0.1) is 0 Å². The molecule has 3 N–H and O–H groups in total. The average molecular weight is 938 g/mol. The second-order valence-corrected chi connectivity index (χ2v) is 24.5. The first-order valence-electron chi connectivity index (χ1n) is 24.7. The fraction of sp³-hybridized carbons (Fsp3) is 0.852. The highest BCUT2D eigenvalue weighted by Crippen LogP contribution is 2.70. The molecule has 10 rings (SSSR count). The van der Waals surface area contributed by atoms with E-state index >= 15 is 0 Å². The van der Waals surface area contributed by atoms with Crippen molar-refractivity contribution in [2.75, 3.05) is 5.33 Å². The Morgan fingerprint density at radius 3 is 1.51 bits per heavy atom. The summed E-state index contributed by atoms with van der Waals surface area (Å²) in [6.07, 6.45) is 28.5. The van der Waals surface area contributed by atoms with E-state index in [0.29, 0.717) is 52.0 Å². The highest BCUT2D eigenvalue weighted by atomic mass is 79.9. The lowest BCUT2D eigenvalue weighted by Gasteiger charge is -2.61. The number of aromatic nitrogens is 4. The van der Waals surface area contributed by atoms with Crippen molar-refractivity contribution in [2.45, 2.75) is 204 Å². The van der Waals surface area contributed by atoms with E-state index < -0.39 is 11.2 Å². The minimum absolute atomic E-state index is 0. The third-order valence-corrected chi connectivity index (χ3v) is 21.3. The third-order valence-electron chi connectivity index (χ3n) is 20.7. The van der Waals surface area contributed by atoms with Crippen LogP contribution < -0.4 is 0 Å². The maximum atomic E-state index is 13.4. The summed E-state index contributed by atoms with van der Waals surface area (Å²) in [5.74, 6) is 9.29. The monoisotopic (exact) mass is 937 g/mol. The van der Waals surface area contributed by atoms with Gasteiger partial charge in [-0.2, -0.15) is 0 Å². The highest BCUT2D eigenvalue weighted by Gasteiger charge is 2.63. The Morgan fingerprint density at radius 1 is 0.635 bits per heavy atom. The molecule has 8 saturated carbocycles. The van der Waals surface area contributed by atoms with Gasteiger partial charge < -0.3 is 19.8 Å². The Labute approximate surface area is 391 Å². The van der Waals surface area contributed by atoms with Crippen LogP contribution in [-0.4, -0.2) is 57.8 Å². The molecule has 8 fully saturated rings. The van der Waals surface area contributed by atoms with Crippen LogP contribution >= 0.6 is 15.9 Å². The zero-order valence-electron chi connectivity index (χ0n) is 39.2. The van der Waals surface area contributed by atoms with E-state index in [2.05, 4.69) is 58.6 Å². The van der Waals surface area contributed by atoms with Gasteiger partial charge in [-0.05, 0) is 212 Å². The molecule has 0 saturated heterocycles. The molecule has 16 atom stereocenters. The van der Waals surface area contributed by atoms with Gasteiger partial charge in [0.25, 0.3) is 0 Å². The standard InChI is InChI=1S/C26H40N2O2.C22H35BrO2.C4H6N2.2CH4/c1-17-27-13-14-28(17)16-23(29)22-8-7-20-19-6-5-18-15-24(2,30)11-12-25(18,3)21(19)9-10-26(20,22)4;1-20(25)10-11-21(2)14(12-20)4-5-15-16-6-7-18(19(24)13-23)22(16,3)9-8-17(15)21;1-4-5-2-3-6-4;;/h13-14,18-22,30H,5-12,15-16H2,1-4H3;14-18,25H,4-13H2,1-3H3;2-3H,1H3,(H,5,6);2*1H4/t18-,19-,20-,21-,22+,24+,25-,26-;14-,15-,16-,17-,18+,20+,21-,22-;;;/m00.../s1. The number of hydrogen-bond donors (Lipinski definition) is 3. The molecular weight excluding hydrogens is 849 g/mol. The van der Waals surface area contributed by atoms with Crippen LogP contribution in [0.2, 0.25) is 0 Å². The average Bonchev–Trinajstić information content (AvgIpc) is 4.01. The molecule has 0 aromatic carbocycles. The van der Waals surface area contributed by atoms with E-state index in [1.165, 1.54) is 77.0 Å². The Hall–Kier alpha value is -1.84. The number of alkyl halides is 1. The number of hydrogen-bond acceptors (Lipinski definition) is 6. The first-order valence-corrected chi connectivity index (χ1v) is 25.9. The van der Waals surface area contributed by atoms with Crippen molar-refractivity contribution in [1.29, 1.82) is 0 Å². The fourth-order valence-electron chi connectivity index (χ4n) is 17.2. The van der Waals surface area contributed by atoms with Crippen LogP contribution in [0.25, 0.3) is 0 Å². The first kappa shape index (κ1) is 50.6. The second-order valence-electron chi connectivity index (χ2n) is 23.9. The van der Waals surface area contributed by atoms with Crippen LogP contribution in [0.4, 0.5) is 0 Å². The molecule has 8 aliphatic rings. The zero-order valence-corrected chi connectivity index (χ0v) is 40.7. The summed E-state index contributed by atoms with van der Waals surface area (Å²) >= 11 is 3.43. The number of aliphatic hydroxyl groups is 2. The molecule has 8 nitrogen and oxygen atoms in total. The zero-order chi connectivity index (χ0) is 43.8. The molecule has 2 heterocycles. The third kappa shape index (κ3) is 9.15. The number of ketones is 2. The largest absolute Gasteiger partial charge is 0.390 e. The van der Waals surface area contributed by atoms with Gasteiger partial charge in [-0.25, -0.2) is 9.97 Å². The molecule has 0 aliphatic heterocycles. The van der Waals surface area contributed by atoms with Gasteiger partial charge in [0, 0.05) is 36.6 Å². The van der Waals surface area contributed by atoms with E-state index in [1.807, 2.05) is 38.5 Å². The van der Waals surface area contributed by atoms with E-state index in [9.17, 15) is 19.8 Å². The van der Waals surface area contributed by atoms with Crippen LogP contribution in [0.5, 0.6) is 0 Å². The number of rotatable bonds is 5. The predicted molar refractivity (Wildman–Crippen MR) is 259 cm³/mol. The first-order chi connectivity index (χ1) is 28.7. The smallest absolute Gasteiger partial charge is 0.156 e. The molecule has 8 aliphatic carbocycles. The summed E-state index contributed by atoms with van der Waals surface area (Å²) < 4.78 is 2.02. The molecular formula is C54H89BrN4O4. The van der Waals surface area contributed by atoms with E-state index in [0.717, 1.165) is 79.8 Å². The fourth-order valence-corrected chi connectivity index (χ4v) is 17.6. The van der Waals surface area contributed by atoms with Crippen LogP contribution in [0.1, 0.15) is 184 Å². The molecule has 0 spiro atoms. The van der Waals surface area contributed by atoms with Gasteiger partial charge in [0.05, 0.1) is 23.1 Å². The number of aromatic amines is 1. The molecule has 2 aromatic rings. The SMILES string of the molecule is C.C.C[C@@]1(O)CC[C@@]2(C)[C@@H](CC[C@@H]3[C@@H]2CC[C@]2(C)[C@@H](C(=O)CBr)CC[C@@H]32)C1.Cc1ncc[nH]1.Cc1nccn1CC(=O)[C@H]1CC[C@H]2[C@@H]3CC[C@H]4C[C@](C)(O)CC[C@]4(C)[C@H]3CC[C@]12C. The Morgan fingerprint density at radius 2 is 1.11 bits per heavy atom. The number of aryl methyl sites for hydroxylation is 2. The Kier molecular flexibility index (Phi) is 15.0. The number of carbonyl (C=O) groups excluding carboxylic acids is 2. The maximum Gasteiger partial charge on any atom is 0.156 e. The van der Waals surface area contributed by atoms with Crippen LogP contribution in [0, 0.1) is 94.7 Å². The highest BCUT2D eigenvalue weighted by molar-refractivity contribution is 9.09. The molecule has 63 heavy (non-hydrogen) atoms. The summed E-state index contributed by atoms with van der Waals surface area (Å²) in [6, 6.07) is 0. The maximum absolute atomic E-state index is 13.4. The van der Waals surface area contributed by atoms with Gasteiger partial charge in [0.15, 0.2) is 5.78 Å². The number of nitrogens with one attached hydrogen (secondary N) is 1. The number of fused-ring (bicyclic) bond motifs is 10. The number of halogens is 1. The van der Waals surface area contributed by atoms with Crippen LogP contribution in [0.15, 0.2) is 24.8 Å². The van der Waals surface area contributed by atoms with Crippen molar-refractivity contribution in [3.8, 4) is 0 Å². The van der Waals surface area contributed by atoms with Crippen LogP contribution in [0.3, 0.4) is 0 Å². The summed E-state index contributed by atoms with van der Waals surface area (Å²) in [4.78, 5) is 36.9. The van der Waals surface area contributed by atoms with E-state index in [4.69, 9.17) is 0 Å². The molecule has 0 bridgehead atoms. The van der Waals surface area contributed by atoms with Crippen molar-refractivity contribution < 1.29 is 19.8 Å². The minimum Gasteiger partial charge on any atom is -0.390 e. The van der Waals surface area contributed by atoms with Crippen molar-refractivity contribution >= 4 is 27.5 Å². The Balaban J connectivity index is 0.000000182. The van der Waals surface area contributed by atoms with Crippen molar-refractivity contribution in [3.05, 3.63) is 36.4 Å². The molecule has 0 unspecified atom stereocenters. The normalized spacial score (nSPS) is 45.6. The van der Waals surface area contributed by atoms with Gasteiger partial charge in [0.1, 0.15) is 17.4 Å². The predicted octanol–water partition coefficient (Wildman–Crippen LogP) is 12.5. The summed E-state index contributed by atoms with van der Waals surface area (Å²) in [5.41, 5.74) is 0.329. The van der Waals surface area contributed by atoms with E-state index in [1.54, 1.807) is 18.6 Å². The van der Waals surface area contributed by atoms with Gasteiger partial charge in [-0.1, -0.05) is 58.5 Å². The van der Waals surface area contributed by atoms with Crippen molar-refractivity contribution in [1.82, 2.24) is 19.5 Å². The lowest BCUT2D eigenvalue weighted by atomic mass is 9.44. The molecule has 0 amide bonds. The van der Waals surface area contributed by atoms with Gasteiger partial charge in [-0.3, -0.25) is 9.59 Å². The van der Waals surface area contributed by atoms with Crippen molar-refractivity contribution in [3.63, 3.8) is 0 Å². The number of carbonyl (C=O) groups is 2. The molecule has 356 valence electrons. The summed E-state index contributed by atoms with van der Waals surface area (Å²) in [6.45, 7) is 18.5. The van der Waals surface area contributed by atoms with Gasteiger partial charge >= 0.3 is 0 Å². The van der Waals surface area contributed by atoms with E-state index in [-0.39, 0.29) is 37.5 Å². The number of H-pyrrole nitrogens is 1. The number of Topliss-reactive ketones (excluding diaryl/α,β-unsaturated/α-hetero) is 2. The number of imidazole rings is 2. The van der Waals surface area contributed by atoms with Crippen molar-refractivity contribution in [2.24, 2.45) is 80.8 Å². The summed E-state index contributed by atoms with van der Waals surface area (Å²) in [5, 5.41) is 21.8. The summed E-state index contributed by atoms with van der Waals surface area (Å²) in [7, 11) is 0. The lowest BCUT2D eigenvalue weighted by Crippen LogP contribution is -2.55. The molecule has 2 aromatic heterocycles. The van der Waals surface area contributed by atoms with Crippen LogP contribution in [-0.2, 0) is 16.1 Å². The Bertz CT molecular complexity index is 1870. The molecule has 9 heteroatoms. The lowest BCUT2D eigenvalue weighted by molar-refractivity contribution is -0.151.